The SMILES string of the molecule is COc1ccc(/C(C(=O)c2ccc(C)cc2)=C(\B2OC(C)(C)C(C)(C)O2)C(O)c2ccccc2)cc1. The molecule has 0 amide bonds. The molecule has 186 valence electrons. The number of hydrogen-bond donors (Lipinski definition) is 1. The normalized spacial score (nSPS) is 17.9. The Labute approximate surface area is 213 Å². The number of aryl methyl sites for hydroxylation is 1. The topological polar surface area (TPSA) is 65.0 Å². The van der Waals surface area contributed by atoms with Gasteiger partial charge in [0.05, 0.1) is 24.4 Å². The second kappa shape index (κ2) is 10.1. The van der Waals surface area contributed by atoms with Gasteiger partial charge in [0.2, 0.25) is 0 Å². The third-order valence-corrected chi connectivity index (χ3v) is 7.13. The number of methoxy groups -OCH3 is 1. The van der Waals surface area contributed by atoms with Crippen molar-refractivity contribution in [2.24, 2.45) is 0 Å². The maximum atomic E-state index is 14.2. The van der Waals surface area contributed by atoms with Gasteiger partial charge in [0.1, 0.15) is 5.75 Å². The monoisotopic (exact) mass is 484 g/mol. The number of Topliss-reactive ketones (excluding diaryl/α,β-unsaturated/α-hetero) is 1. The number of hydrogen-bond acceptors (Lipinski definition) is 5. The lowest BCUT2D eigenvalue weighted by Gasteiger charge is -2.32. The number of benzene rings is 3. The Balaban J connectivity index is 1.99. The number of carbonyl (C=O) groups excluding carboxylic acids is 1. The first-order valence-electron chi connectivity index (χ1n) is 12.1. The standard InChI is InChI=1S/C30H33BO5/c1-20-12-14-23(15-13-20)27(32)25(21-16-18-24(34-6)19-17-21)26(28(33)22-10-8-7-9-11-22)31-35-29(2,3)30(4,5)36-31/h7-19,28,33H,1-6H3/b26-25+. The zero-order valence-corrected chi connectivity index (χ0v) is 21.7. The number of ketones is 1. The van der Waals surface area contributed by atoms with E-state index in [0.717, 1.165) is 5.56 Å². The van der Waals surface area contributed by atoms with Crippen LogP contribution in [0.2, 0.25) is 0 Å². The second-order valence-electron chi connectivity index (χ2n) is 10.2. The lowest BCUT2D eigenvalue weighted by atomic mass is 9.68. The number of allylic oxidation sites excluding steroid dienone is 1. The van der Waals surface area contributed by atoms with E-state index in [0.29, 0.717) is 33.5 Å². The summed E-state index contributed by atoms with van der Waals surface area (Å²) in [6, 6.07) is 23.9. The first-order valence-corrected chi connectivity index (χ1v) is 12.1. The maximum Gasteiger partial charge on any atom is 0.494 e. The van der Waals surface area contributed by atoms with Gasteiger partial charge in [-0.25, -0.2) is 0 Å². The van der Waals surface area contributed by atoms with Gasteiger partial charge in [-0.3, -0.25) is 4.79 Å². The van der Waals surface area contributed by atoms with Gasteiger partial charge in [-0.15, -0.1) is 0 Å². The van der Waals surface area contributed by atoms with Crippen LogP contribution in [0.25, 0.3) is 5.57 Å². The van der Waals surface area contributed by atoms with Crippen molar-refractivity contribution in [3.63, 3.8) is 0 Å². The third kappa shape index (κ3) is 5.03. The average molecular weight is 484 g/mol. The fourth-order valence-corrected chi connectivity index (χ4v) is 4.20. The molecule has 1 saturated heterocycles. The second-order valence-corrected chi connectivity index (χ2v) is 10.2. The molecule has 1 heterocycles. The predicted molar refractivity (Wildman–Crippen MR) is 143 cm³/mol. The summed E-state index contributed by atoms with van der Waals surface area (Å²) in [6.07, 6.45) is -1.13. The summed E-state index contributed by atoms with van der Waals surface area (Å²) < 4.78 is 18.1. The van der Waals surface area contributed by atoms with E-state index >= 15 is 0 Å². The van der Waals surface area contributed by atoms with Crippen LogP contribution in [-0.2, 0) is 9.31 Å². The first kappa shape index (κ1) is 25.9. The smallest absolute Gasteiger partial charge is 0.494 e. The number of carbonyl (C=O) groups is 1. The van der Waals surface area contributed by atoms with Crippen LogP contribution >= 0.6 is 0 Å². The largest absolute Gasteiger partial charge is 0.497 e. The van der Waals surface area contributed by atoms with E-state index in [1.54, 1.807) is 31.4 Å². The van der Waals surface area contributed by atoms with E-state index in [1.807, 2.05) is 89.2 Å². The van der Waals surface area contributed by atoms with E-state index in [2.05, 4.69) is 0 Å². The minimum atomic E-state index is -1.13. The van der Waals surface area contributed by atoms with Crippen LogP contribution in [0, 0.1) is 6.92 Å². The molecule has 1 aliphatic rings. The molecular formula is C30H33BO5. The lowest BCUT2D eigenvalue weighted by molar-refractivity contribution is 0.00578. The number of aliphatic hydroxyl groups excluding tert-OH is 1. The quantitative estimate of drug-likeness (QED) is 0.253. The molecule has 36 heavy (non-hydrogen) atoms. The molecular weight excluding hydrogens is 451 g/mol. The fourth-order valence-electron chi connectivity index (χ4n) is 4.20. The molecule has 5 nitrogen and oxygen atoms in total. The van der Waals surface area contributed by atoms with Crippen LogP contribution in [0.5, 0.6) is 5.75 Å². The summed E-state index contributed by atoms with van der Waals surface area (Å²) in [4.78, 5) is 14.2. The van der Waals surface area contributed by atoms with Gasteiger partial charge < -0.3 is 19.2 Å². The Morgan fingerprint density at radius 1 is 0.833 bits per heavy atom. The summed E-state index contributed by atoms with van der Waals surface area (Å²) in [5, 5.41) is 11.8. The zero-order valence-electron chi connectivity index (χ0n) is 21.7. The molecule has 6 heteroatoms. The van der Waals surface area contributed by atoms with Crippen molar-refractivity contribution in [1.82, 2.24) is 0 Å². The summed E-state index contributed by atoms with van der Waals surface area (Å²) in [5.74, 6) is 0.446. The molecule has 3 aromatic rings. The molecule has 0 aliphatic carbocycles. The van der Waals surface area contributed by atoms with Gasteiger partial charge in [-0.05, 0) is 57.9 Å². The fraction of sp³-hybridized carbons (Fsp3) is 0.300. The summed E-state index contributed by atoms with van der Waals surface area (Å²) >= 11 is 0. The van der Waals surface area contributed by atoms with Crippen molar-refractivity contribution < 1.29 is 23.9 Å². The highest BCUT2D eigenvalue weighted by Crippen LogP contribution is 2.43. The molecule has 0 spiro atoms. The Morgan fingerprint density at radius 3 is 1.89 bits per heavy atom. The van der Waals surface area contributed by atoms with Crippen molar-refractivity contribution in [1.29, 1.82) is 0 Å². The van der Waals surface area contributed by atoms with Gasteiger partial charge in [0, 0.05) is 16.6 Å². The molecule has 1 N–H and O–H groups in total. The van der Waals surface area contributed by atoms with E-state index in [1.165, 1.54) is 0 Å². The summed E-state index contributed by atoms with van der Waals surface area (Å²) in [5.41, 5.74) is 2.25. The molecule has 4 rings (SSSR count). The Kier molecular flexibility index (Phi) is 7.23. The van der Waals surface area contributed by atoms with Gasteiger partial charge >= 0.3 is 7.12 Å². The van der Waals surface area contributed by atoms with Gasteiger partial charge in [-0.2, -0.15) is 0 Å². The summed E-state index contributed by atoms with van der Waals surface area (Å²) in [6.45, 7) is 9.79. The van der Waals surface area contributed by atoms with Crippen LogP contribution in [0.3, 0.4) is 0 Å². The van der Waals surface area contributed by atoms with E-state index in [-0.39, 0.29) is 5.78 Å². The van der Waals surface area contributed by atoms with Crippen LogP contribution < -0.4 is 4.74 Å². The molecule has 1 aliphatic heterocycles. The molecule has 1 unspecified atom stereocenters. The van der Waals surface area contributed by atoms with Gasteiger partial charge in [0.15, 0.2) is 5.78 Å². The molecule has 0 saturated carbocycles. The first-order chi connectivity index (χ1) is 17.0. The zero-order chi connectivity index (χ0) is 26.1. The minimum absolute atomic E-state index is 0.222. The van der Waals surface area contributed by atoms with Crippen LogP contribution in [0.15, 0.2) is 84.3 Å². The van der Waals surface area contributed by atoms with Crippen molar-refractivity contribution in [2.45, 2.75) is 51.9 Å². The Bertz CT molecular complexity index is 1230. The molecule has 0 bridgehead atoms. The van der Waals surface area contributed by atoms with E-state index in [9.17, 15) is 9.90 Å². The third-order valence-electron chi connectivity index (χ3n) is 7.13. The van der Waals surface area contributed by atoms with E-state index < -0.39 is 24.4 Å². The predicted octanol–water partition coefficient (Wildman–Crippen LogP) is 6.01. The molecule has 1 fully saturated rings. The van der Waals surface area contributed by atoms with Crippen molar-refractivity contribution in [3.05, 3.63) is 107 Å². The average Bonchev–Trinajstić information content (AvgIpc) is 3.09. The maximum absolute atomic E-state index is 14.2. The van der Waals surface area contributed by atoms with Gasteiger partial charge in [0.25, 0.3) is 0 Å². The molecule has 3 aromatic carbocycles. The highest BCUT2D eigenvalue weighted by molar-refractivity contribution is 6.59. The number of ether oxygens (including phenoxy) is 1. The van der Waals surface area contributed by atoms with Crippen molar-refractivity contribution in [2.75, 3.05) is 7.11 Å². The molecule has 0 aromatic heterocycles. The minimum Gasteiger partial charge on any atom is -0.497 e. The van der Waals surface area contributed by atoms with Crippen molar-refractivity contribution >= 4 is 18.5 Å². The Hall–Kier alpha value is -3.19. The number of rotatable bonds is 7. The van der Waals surface area contributed by atoms with Crippen LogP contribution in [-0.4, -0.2) is 36.3 Å². The molecule has 0 radical (unpaired) electrons. The Morgan fingerprint density at radius 2 is 1.36 bits per heavy atom. The van der Waals surface area contributed by atoms with E-state index in [4.69, 9.17) is 14.0 Å². The van der Waals surface area contributed by atoms with Gasteiger partial charge in [-0.1, -0.05) is 72.3 Å². The summed E-state index contributed by atoms with van der Waals surface area (Å²) in [7, 11) is 0.662. The highest BCUT2D eigenvalue weighted by Gasteiger charge is 2.54. The van der Waals surface area contributed by atoms with Crippen LogP contribution in [0.4, 0.5) is 0 Å². The lowest BCUT2D eigenvalue weighted by Crippen LogP contribution is -2.41. The van der Waals surface area contributed by atoms with Crippen molar-refractivity contribution in [3.8, 4) is 5.75 Å². The number of aliphatic hydroxyl groups is 1. The molecule has 1 atom stereocenters. The van der Waals surface area contributed by atoms with Crippen LogP contribution in [0.1, 0.15) is 60.8 Å². The highest BCUT2D eigenvalue weighted by atomic mass is 16.7.